The van der Waals surface area contributed by atoms with Gasteiger partial charge < -0.3 is 18.9 Å². The predicted molar refractivity (Wildman–Crippen MR) is 54.4 cm³/mol. The fourth-order valence-electron chi connectivity index (χ4n) is 2.22. The minimum atomic E-state index is -0.514. The Balaban J connectivity index is 2.01. The Bertz CT molecular complexity index is 249. The smallest absolute Gasteiger partial charge is 0.163 e. The Morgan fingerprint density at radius 2 is 1.60 bits per heavy atom. The van der Waals surface area contributed by atoms with E-state index in [1.54, 1.807) is 0 Å². The van der Waals surface area contributed by atoms with E-state index in [2.05, 4.69) is 0 Å². The zero-order valence-corrected chi connectivity index (χ0v) is 10.1. The summed E-state index contributed by atoms with van der Waals surface area (Å²) in [6.07, 6.45) is -0.0268. The highest BCUT2D eigenvalue weighted by Crippen LogP contribution is 2.35. The summed E-state index contributed by atoms with van der Waals surface area (Å²) < 4.78 is 22.8. The zero-order valence-electron chi connectivity index (χ0n) is 10.1. The van der Waals surface area contributed by atoms with Crippen molar-refractivity contribution in [1.82, 2.24) is 0 Å². The molecule has 15 heavy (non-hydrogen) atoms. The van der Waals surface area contributed by atoms with Crippen LogP contribution in [0.15, 0.2) is 0 Å². The van der Waals surface area contributed by atoms with Crippen LogP contribution >= 0.6 is 0 Å². The van der Waals surface area contributed by atoms with E-state index in [1.165, 1.54) is 0 Å². The number of hydrogen-bond acceptors (Lipinski definition) is 4. The highest BCUT2D eigenvalue weighted by atomic mass is 16.8. The first kappa shape index (κ1) is 11.3. The van der Waals surface area contributed by atoms with E-state index in [-0.39, 0.29) is 18.3 Å². The third-order valence-corrected chi connectivity index (χ3v) is 2.75. The van der Waals surface area contributed by atoms with Gasteiger partial charge in [0.2, 0.25) is 0 Å². The van der Waals surface area contributed by atoms with E-state index in [9.17, 15) is 0 Å². The molecule has 2 aliphatic heterocycles. The lowest BCUT2D eigenvalue weighted by molar-refractivity contribution is -0.174. The summed E-state index contributed by atoms with van der Waals surface area (Å²) in [4.78, 5) is 0. The van der Waals surface area contributed by atoms with Crippen LogP contribution in [-0.4, -0.2) is 36.5 Å². The van der Waals surface area contributed by atoms with Gasteiger partial charge in [-0.05, 0) is 34.6 Å². The van der Waals surface area contributed by atoms with Crippen molar-refractivity contribution in [2.24, 2.45) is 0 Å². The third kappa shape index (κ3) is 2.33. The second-order valence-electron chi connectivity index (χ2n) is 5.17. The summed E-state index contributed by atoms with van der Waals surface area (Å²) in [6, 6.07) is 0. The van der Waals surface area contributed by atoms with Crippen LogP contribution in [0.2, 0.25) is 0 Å². The van der Waals surface area contributed by atoms with Crippen molar-refractivity contribution in [2.45, 2.75) is 64.5 Å². The van der Waals surface area contributed by atoms with Crippen LogP contribution in [0, 0.1) is 0 Å². The SMILES string of the molecule is C[C@H]1OC(C)(C)O[C@@H]1[C@H]1COC(C)(C)O1. The minimum absolute atomic E-state index is 0.0308. The maximum atomic E-state index is 5.81. The fraction of sp³-hybridized carbons (Fsp3) is 1.00. The van der Waals surface area contributed by atoms with Crippen molar-refractivity contribution < 1.29 is 18.9 Å². The number of rotatable bonds is 1. The van der Waals surface area contributed by atoms with Crippen molar-refractivity contribution in [1.29, 1.82) is 0 Å². The maximum Gasteiger partial charge on any atom is 0.163 e. The van der Waals surface area contributed by atoms with Crippen LogP contribution < -0.4 is 0 Å². The van der Waals surface area contributed by atoms with Gasteiger partial charge in [-0.1, -0.05) is 0 Å². The van der Waals surface area contributed by atoms with Crippen LogP contribution in [0.5, 0.6) is 0 Å². The lowest BCUT2D eigenvalue weighted by atomic mass is 10.1. The summed E-state index contributed by atoms with van der Waals surface area (Å²) in [5, 5.41) is 0. The lowest BCUT2D eigenvalue weighted by Crippen LogP contribution is -2.37. The van der Waals surface area contributed by atoms with E-state index in [0.717, 1.165) is 0 Å². The van der Waals surface area contributed by atoms with Gasteiger partial charge in [0.25, 0.3) is 0 Å². The molecular formula is C11H20O4. The Hall–Kier alpha value is -0.160. The molecule has 3 atom stereocenters. The molecule has 0 radical (unpaired) electrons. The van der Waals surface area contributed by atoms with Crippen molar-refractivity contribution >= 4 is 0 Å². The quantitative estimate of drug-likeness (QED) is 0.668. The molecular weight excluding hydrogens is 196 g/mol. The molecule has 0 aromatic rings. The van der Waals surface area contributed by atoms with Crippen molar-refractivity contribution in [3.05, 3.63) is 0 Å². The molecule has 0 spiro atoms. The van der Waals surface area contributed by atoms with Gasteiger partial charge >= 0.3 is 0 Å². The Morgan fingerprint density at radius 1 is 0.933 bits per heavy atom. The molecule has 2 heterocycles. The average Bonchev–Trinajstić information content (AvgIpc) is 2.51. The van der Waals surface area contributed by atoms with Gasteiger partial charge in [0.05, 0.1) is 12.7 Å². The van der Waals surface area contributed by atoms with Gasteiger partial charge in [0.15, 0.2) is 11.6 Å². The van der Waals surface area contributed by atoms with Gasteiger partial charge in [0, 0.05) is 0 Å². The normalized spacial score (nSPS) is 43.4. The van der Waals surface area contributed by atoms with E-state index in [1.807, 2.05) is 34.6 Å². The van der Waals surface area contributed by atoms with Crippen molar-refractivity contribution in [3.63, 3.8) is 0 Å². The summed E-state index contributed by atoms with van der Waals surface area (Å²) >= 11 is 0. The van der Waals surface area contributed by atoms with E-state index in [4.69, 9.17) is 18.9 Å². The molecule has 0 unspecified atom stereocenters. The Kier molecular flexibility index (Phi) is 2.58. The van der Waals surface area contributed by atoms with Crippen LogP contribution in [0.1, 0.15) is 34.6 Å². The second kappa shape index (κ2) is 3.42. The third-order valence-electron chi connectivity index (χ3n) is 2.75. The monoisotopic (exact) mass is 216 g/mol. The topological polar surface area (TPSA) is 36.9 Å². The van der Waals surface area contributed by atoms with Crippen LogP contribution in [0.4, 0.5) is 0 Å². The fourth-order valence-corrected chi connectivity index (χ4v) is 2.22. The second-order valence-corrected chi connectivity index (χ2v) is 5.17. The van der Waals surface area contributed by atoms with E-state index >= 15 is 0 Å². The van der Waals surface area contributed by atoms with Crippen LogP contribution in [-0.2, 0) is 18.9 Å². The molecule has 4 heteroatoms. The molecule has 0 N–H and O–H groups in total. The summed E-state index contributed by atoms with van der Waals surface area (Å²) in [6.45, 7) is 10.3. The molecule has 0 aliphatic carbocycles. The highest BCUT2D eigenvalue weighted by Gasteiger charge is 2.47. The largest absolute Gasteiger partial charge is 0.348 e. The predicted octanol–water partition coefficient (Wildman–Crippen LogP) is 1.68. The van der Waals surface area contributed by atoms with Gasteiger partial charge in [-0.15, -0.1) is 0 Å². The molecule has 0 aromatic heterocycles. The Morgan fingerprint density at radius 3 is 2.00 bits per heavy atom. The molecule has 2 saturated heterocycles. The summed E-state index contributed by atoms with van der Waals surface area (Å²) in [5.41, 5.74) is 0. The zero-order chi connectivity index (χ0) is 11.3. The first-order valence-electron chi connectivity index (χ1n) is 5.46. The number of hydrogen-bond donors (Lipinski definition) is 0. The van der Waals surface area contributed by atoms with Gasteiger partial charge in [0.1, 0.15) is 12.2 Å². The van der Waals surface area contributed by atoms with Gasteiger partial charge in [-0.25, -0.2) is 0 Å². The lowest BCUT2D eigenvalue weighted by Gasteiger charge is -2.22. The summed E-state index contributed by atoms with van der Waals surface area (Å²) in [7, 11) is 0. The highest BCUT2D eigenvalue weighted by molar-refractivity contribution is 4.88. The molecule has 88 valence electrons. The van der Waals surface area contributed by atoms with E-state index < -0.39 is 11.6 Å². The molecule has 2 rings (SSSR count). The molecule has 0 aromatic carbocycles. The summed E-state index contributed by atoms with van der Waals surface area (Å²) in [5.74, 6) is -1.01. The van der Waals surface area contributed by atoms with Crippen LogP contribution in [0.3, 0.4) is 0 Å². The number of ether oxygens (including phenoxy) is 4. The first-order valence-corrected chi connectivity index (χ1v) is 5.46. The molecule has 0 bridgehead atoms. The van der Waals surface area contributed by atoms with E-state index in [0.29, 0.717) is 6.61 Å². The molecule has 0 amide bonds. The van der Waals surface area contributed by atoms with Crippen molar-refractivity contribution in [3.8, 4) is 0 Å². The molecule has 2 fully saturated rings. The van der Waals surface area contributed by atoms with Crippen LogP contribution in [0.25, 0.3) is 0 Å². The Labute approximate surface area is 90.8 Å². The first-order chi connectivity index (χ1) is 6.79. The minimum Gasteiger partial charge on any atom is -0.348 e. The molecule has 2 aliphatic rings. The van der Waals surface area contributed by atoms with Gasteiger partial charge in [-0.3, -0.25) is 0 Å². The molecule has 0 saturated carbocycles. The maximum absolute atomic E-state index is 5.81. The van der Waals surface area contributed by atoms with Gasteiger partial charge in [-0.2, -0.15) is 0 Å². The molecule has 4 nitrogen and oxygen atoms in total. The van der Waals surface area contributed by atoms with Crippen molar-refractivity contribution in [2.75, 3.05) is 6.61 Å². The average molecular weight is 216 g/mol. The standard InChI is InChI=1S/C11H20O4/c1-7-9(15-11(4,5)13-7)8-6-12-10(2,3)14-8/h7-9H,6H2,1-5H3/t7-,8-,9+/m1/s1.